The highest BCUT2D eigenvalue weighted by Gasteiger charge is 2.22. The number of ether oxygens (including phenoxy) is 2. The Labute approximate surface area is 201 Å². The van der Waals surface area contributed by atoms with Gasteiger partial charge in [0.2, 0.25) is 0 Å². The molecule has 5 aromatic rings. The van der Waals surface area contributed by atoms with E-state index < -0.39 is 0 Å². The maximum Gasteiger partial charge on any atom is 0.260 e. The number of fused-ring (bicyclic) bond motifs is 1. The number of hydrogen-bond donors (Lipinski definition) is 0. The number of amides is 1. The number of thiazole rings is 1. The van der Waals surface area contributed by atoms with E-state index >= 15 is 0 Å². The molecule has 5 rings (SSSR count). The highest BCUT2D eigenvalue weighted by atomic mass is 32.1. The van der Waals surface area contributed by atoms with Crippen LogP contribution in [0.4, 0.5) is 5.13 Å². The van der Waals surface area contributed by atoms with Crippen molar-refractivity contribution in [3.05, 3.63) is 108 Å². The van der Waals surface area contributed by atoms with E-state index in [4.69, 9.17) is 14.5 Å². The lowest BCUT2D eigenvalue weighted by Gasteiger charge is -2.20. The van der Waals surface area contributed by atoms with Gasteiger partial charge in [0.1, 0.15) is 17.2 Å². The van der Waals surface area contributed by atoms with Crippen LogP contribution in [-0.2, 0) is 6.54 Å². The molecule has 0 radical (unpaired) electrons. The van der Waals surface area contributed by atoms with Crippen molar-refractivity contribution in [2.45, 2.75) is 6.54 Å². The monoisotopic (exact) mass is 467 g/mol. The van der Waals surface area contributed by atoms with Crippen LogP contribution in [0.2, 0.25) is 0 Å². The molecule has 0 bridgehead atoms. The highest BCUT2D eigenvalue weighted by Crippen LogP contribution is 2.33. The fraction of sp³-hybridized carbons (Fsp3) is 0.0741. The first-order valence-corrected chi connectivity index (χ1v) is 11.5. The second-order valence-corrected chi connectivity index (χ2v) is 8.53. The lowest BCUT2D eigenvalue weighted by atomic mass is 10.1. The number of pyridine rings is 1. The molecule has 0 aliphatic rings. The normalized spacial score (nSPS) is 10.7. The van der Waals surface area contributed by atoms with Gasteiger partial charge in [-0.05, 0) is 60.2 Å². The molecule has 2 aromatic heterocycles. The van der Waals surface area contributed by atoms with Gasteiger partial charge in [-0.1, -0.05) is 35.6 Å². The van der Waals surface area contributed by atoms with Crippen molar-refractivity contribution in [3.8, 4) is 17.2 Å². The van der Waals surface area contributed by atoms with Gasteiger partial charge in [-0.2, -0.15) is 0 Å². The van der Waals surface area contributed by atoms with Crippen LogP contribution in [0.25, 0.3) is 10.2 Å². The van der Waals surface area contributed by atoms with Gasteiger partial charge in [-0.15, -0.1) is 0 Å². The number of hydrogen-bond acceptors (Lipinski definition) is 6. The summed E-state index contributed by atoms with van der Waals surface area (Å²) in [6, 6.07) is 26.2. The zero-order valence-electron chi connectivity index (χ0n) is 18.4. The Balaban J connectivity index is 1.45. The van der Waals surface area contributed by atoms with Crippen molar-refractivity contribution in [3.63, 3.8) is 0 Å². The van der Waals surface area contributed by atoms with Crippen molar-refractivity contribution in [2.75, 3.05) is 12.0 Å². The summed E-state index contributed by atoms with van der Waals surface area (Å²) in [6.45, 7) is 0.353. The summed E-state index contributed by atoms with van der Waals surface area (Å²) in [7, 11) is 1.62. The second kappa shape index (κ2) is 9.72. The third kappa shape index (κ3) is 4.74. The molecular formula is C27H21N3O3S. The van der Waals surface area contributed by atoms with Gasteiger partial charge in [0.15, 0.2) is 5.13 Å². The summed E-state index contributed by atoms with van der Waals surface area (Å²) in [6.07, 6.45) is 3.47. The van der Waals surface area contributed by atoms with Gasteiger partial charge in [-0.25, -0.2) is 4.98 Å². The van der Waals surface area contributed by atoms with Gasteiger partial charge in [0.25, 0.3) is 5.91 Å². The van der Waals surface area contributed by atoms with E-state index in [1.807, 2.05) is 60.7 Å². The Kier molecular flexibility index (Phi) is 6.18. The summed E-state index contributed by atoms with van der Waals surface area (Å²) >= 11 is 1.47. The summed E-state index contributed by atoms with van der Waals surface area (Å²) in [5.41, 5.74) is 2.24. The minimum absolute atomic E-state index is 0.152. The lowest BCUT2D eigenvalue weighted by molar-refractivity contribution is 0.0985. The molecule has 0 saturated heterocycles. The van der Waals surface area contributed by atoms with Crippen molar-refractivity contribution in [1.29, 1.82) is 0 Å². The molecule has 7 heteroatoms. The van der Waals surface area contributed by atoms with E-state index in [1.165, 1.54) is 11.3 Å². The van der Waals surface area contributed by atoms with Crippen molar-refractivity contribution in [1.82, 2.24) is 9.97 Å². The first-order valence-electron chi connectivity index (χ1n) is 10.7. The summed E-state index contributed by atoms with van der Waals surface area (Å²) in [5.74, 6) is 1.97. The average molecular weight is 468 g/mol. The summed E-state index contributed by atoms with van der Waals surface area (Å²) < 4.78 is 12.2. The van der Waals surface area contributed by atoms with E-state index in [1.54, 1.807) is 48.7 Å². The minimum atomic E-state index is -0.152. The maximum absolute atomic E-state index is 13.6. The highest BCUT2D eigenvalue weighted by molar-refractivity contribution is 7.22. The van der Waals surface area contributed by atoms with Crippen LogP contribution >= 0.6 is 11.3 Å². The molecule has 0 atom stereocenters. The SMILES string of the molecule is COc1ccc2sc(N(Cc3cccnc3)C(=O)c3ccc(Oc4ccccc4)cc3)nc2c1. The Hall–Kier alpha value is -4.23. The van der Waals surface area contributed by atoms with Gasteiger partial charge >= 0.3 is 0 Å². The molecule has 34 heavy (non-hydrogen) atoms. The molecule has 168 valence electrons. The zero-order chi connectivity index (χ0) is 23.3. The number of carbonyl (C=O) groups excluding carboxylic acids is 1. The maximum atomic E-state index is 13.6. The molecule has 0 aliphatic carbocycles. The van der Waals surface area contributed by atoms with Crippen LogP contribution in [0.1, 0.15) is 15.9 Å². The summed E-state index contributed by atoms with van der Waals surface area (Å²) in [4.78, 5) is 24.2. The minimum Gasteiger partial charge on any atom is -0.497 e. The Morgan fingerprint density at radius 1 is 0.912 bits per heavy atom. The molecular weight excluding hydrogens is 446 g/mol. The molecule has 0 N–H and O–H groups in total. The van der Waals surface area contributed by atoms with Crippen molar-refractivity contribution >= 4 is 32.6 Å². The zero-order valence-corrected chi connectivity index (χ0v) is 19.2. The number of carbonyl (C=O) groups is 1. The quantitative estimate of drug-likeness (QED) is 0.279. The molecule has 6 nitrogen and oxygen atoms in total. The number of aromatic nitrogens is 2. The number of benzene rings is 3. The molecule has 2 heterocycles. The van der Waals surface area contributed by atoms with E-state index in [2.05, 4.69) is 4.98 Å². The lowest BCUT2D eigenvalue weighted by Crippen LogP contribution is -2.30. The van der Waals surface area contributed by atoms with E-state index in [9.17, 15) is 4.79 Å². The van der Waals surface area contributed by atoms with Crippen LogP contribution in [0.5, 0.6) is 17.2 Å². The average Bonchev–Trinajstić information content (AvgIpc) is 3.31. The standard InChI is InChI=1S/C27H21N3O3S/c1-32-23-13-14-25-24(16-23)29-27(34-25)30(18-19-6-5-15-28-17-19)26(31)20-9-11-22(12-10-20)33-21-7-3-2-4-8-21/h2-17H,18H2,1H3. The van der Waals surface area contributed by atoms with Crippen LogP contribution in [0.3, 0.4) is 0 Å². The molecule has 0 saturated carbocycles. The first kappa shape index (κ1) is 21.6. The molecule has 3 aromatic carbocycles. The molecule has 0 unspecified atom stereocenters. The van der Waals surface area contributed by atoms with Gasteiger partial charge < -0.3 is 9.47 Å². The number of para-hydroxylation sites is 1. The van der Waals surface area contributed by atoms with Crippen LogP contribution in [-0.4, -0.2) is 23.0 Å². The summed E-state index contributed by atoms with van der Waals surface area (Å²) in [5, 5.41) is 0.613. The smallest absolute Gasteiger partial charge is 0.260 e. The first-order chi connectivity index (χ1) is 16.7. The fourth-order valence-corrected chi connectivity index (χ4v) is 4.43. The topological polar surface area (TPSA) is 64.5 Å². The second-order valence-electron chi connectivity index (χ2n) is 7.52. The molecule has 0 spiro atoms. The largest absolute Gasteiger partial charge is 0.497 e. The number of nitrogens with zero attached hydrogens (tertiary/aromatic N) is 3. The Bertz CT molecular complexity index is 1400. The van der Waals surface area contributed by atoms with Crippen LogP contribution in [0.15, 0.2) is 97.3 Å². The van der Waals surface area contributed by atoms with Crippen LogP contribution in [0, 0.1) is 0 Å². The molecule has 0 aliphatic heterocycles. The predicted octanol–water partition coefficient (Wildman–Crippen LogP) is 6.34. The van der Waals surface area contributed by atoms with E-state index in [0.29, 0.717) is 23.0 Å². The Morgan fingerprint density at radius 2 is 1.68 bits per heavy atom. The predicted molar refractivity (Wildman–Crippen MR) is 134 cm³/mol. The van der Waals surface area contributed by atoms with Crippen LogP contribution < -0.4 is 14.4 Å². The van der Waals surface area contributed by atoms with E-state index in [0.717, 1.165) is 27.3 Å². The fourth-order valence-electron chi connectivity index (χ4n) is 3.48. The Morgan fingerprint density at radius 3 is 2.41 bits per heavy atom. The number of anilines is 1. The number of methoxy groups -OCH3 is 1. The van der Waals surface area contributed by atoms with Gasteiger partial charge in [-0.3, -0.25) is 14.7 Å². The molecule has 1 amide bonds. The molecule has 0 fully saturated rings. The van der Waals surface area contributed by atoms with Crippen molar-refractivity contribution in [2.24, 2.45) is 0 Å². The van der Waals surface area contributed by atoms with E-state index in [-0.39, 0.29) is 5.91 Å². The number of rotatable bonds is 7. The third-order valence-electron chi connectivity index (χ3n) is 5.20. The van der Waals surface area contributed by atoms with Gasteiger partial charge in [0.05, 0.1) is 23.9 Å². The van der Waals surface area contributed by atoms with Gasteiger partial charge in [0, 0.05) is 24.0 Å². The van der Waals surface area contributed by atoms with Crippen molar-refractivity contribution < 1.29 is 14.3 Å². The third-order valence-corrected chi connectivity index (χ3v) is 6.26.